The average Bonchev–Trinajstić information content (AvgIpc) is 2.82. The number of carbonyl (C=O) groups is 2. The fourth-order valence-electron chi connectivity index (χ4n) is 3.19. The van der Waals surface area contributed by atoms with E-state index in [4.69, 9.17) is 10.8 Å². The van der Waals surface area contributed by atoms with Crippen LogP contribution in [0.3, 0.4) is 0 Å². The molecule has 5 heteroatoms. The van der Waals surface area contributed by atoms with Gasteiger partial charge in [-0.1, -0.05) is 20.3 Å². The van der Waals surface area contributed by atoms with E-state index in [-0.39, 0.29) is 30.1 Å². The number of carboxylic acid groups (broad SMARTS) is 1. The Morgan fingerprint density at radius 3 is 2.60 bits per heavy atom. The quantitative estimate of drug-likeness (QED) is 0.631. The lowest BCUT2D eigenvalue weighted by molar-refractivity contribution is -0.138. The Morgan fingerprint density at radius 1 is 1.35 bits per heavy atom. The van der Waals surface area contributed by atoms with Crippen molar-refractivity contribution in [2.75, 3.05) is 13.1 Å². The maximum Gasteiger partial charge on any atom is 0.303 e. The number of hydrogen-bond acceptors (Lipinski definition) is 3. The normalized spacial score (nSPS) is 23.8. The molecule has 0 aromatic heterocycles. The summed E-state index contributed by atoms with van der Waals surface area (Å²) in [6.07, 6.45) is 3.92. The Labute approximate surface area is 121 Å². The zero-order valence-corrected chi connectivity index (χ0v) is 12.6. The van der Waals surface area contributed by atoms with Gasteiger partial charge in [0.2, 0.25) is 5.91 Å². The SMILES string of the molecule is CC(C)CC(CNC(=O)C1CCCC1CN)CC(=O)O. The summed E-state index contributed by atoms with van der Waals surface area (Å²) in [6.45, 7) is 5.15. The van der Waals surface area contributed by atoms with Gasteiger partial charge < -0.3 is 16.2 Å². The van der Waals surface area contributed by atoms with Gasteiger partial charge >= 0.3 is 5.97 Å². The monoisotopic (exact) mass is 284 g/mol. The minimum Gasteiger partial charge on any atom is -0.481 e. The number of aliphatic carboxylic acids is 1. The highest BCUT2D eigenvalue weighted by atomic mass is 16.4. The third kappa shape index (κ3) is 5.49. The first-order valence-corrected chi connectivity index (χ1v) is 7.63. The van der Waals surface area contributed by atoms with Gasteiger partial charge in [-0.15, -0.1) is 0 Å². The molecule has 0 saturated heterocycles. The van der Waals surface area contributed by atoms with Crippen LogP contribution in [0.5, 0.6) is 0 Å². The number of rotatable bonds is 8. The molecule has 1 amide bonds. The summed E-state index contributed by atoms with van der Waals surface area (Å²) in [5, 5.41) is 11.9. The molecule has 0 heterocycles. The highest BCUT2D eigenvalue weighted by Crippen LogP contribution is 2.31. The number of amides is 1. The second-order valence-electron chi connectivity index (χ2n) is 6.37. The Kier molecular flexibility index (Phi) is 6.99. The zero-order valence-electron chi connectivity index (χ0n) is 12.6. The van der Waals surface area contributed by atoms with Gasteiger partial charge in [0.05, 0.1) is 0 Å². The summed E-state index contributed by atoms with van der Waals surface area (Å²) in [4.78, 5) is 23.0. The van der Waals surface area contributed by atoms with E-state index in [2.05, 4.69) is 19.2 Å². The molecule has 3 atom stereocenters. The minimum atomic E-state index is -0.800. The maximum atomic E-state index is 12.2. The van der Waals surface area contributed by atoms with Crippen molar-refractivity contribution in [3.8, 4) is 0 Å². The van der Waals surface area contributed by atoms with E-state index in [1.54, 1.807) is 0 Å². The molecule has 20 heavy (non-hydrogen) atoms. The van der Waals surface area contributed by atoms with Crippen LogP contribution in [0.2, 0.25) is 0 Å². The number of carboxylic acids is 1. The molecule has 1 rings (SSSR count). The van der Waals surface area contributed by atoms with Gasteiger partial charge in [-0.3, -0.25) is 9.59 Å². The van der Waals surface area contributed by atoms with Crippen molar-refractivity contribution >= 4 is 11.9 Å². The van der Waals surface area contributed by atoms with E-state index in [0.717, 1.165) is 25.7 Å². The first kappa shape index (κ1) is 17.0. The van der Waals surface area contributed by atoms with Gasteiger partial charge in [-0.2, -0.15) is 0 Å². The van der Waals surface area contributed by atoms with Gasteiger partial charge in [-0.25, -0.2) is 0 Å². The van der Waals surface area contributed by atoms with Gasteiger partial charge in [0.25, 0.3) is 0 Å². The second kappa shape index (κ2) is 8.25. The van der Waals surface area contributed by atoms with Crippen LogP contribution in [0.25, 0.3) is 0 Å². The van der Waals surface area contributed by atoms with E-state index in [0.29, 0.717) is 19.0 Å². The molecule has 5 nitrogen and oxygen atoms in total. The second-order valence-corrected chi connectivity index (χ2v) is 6.37. The fraction of sp³-hybridized carbons (Fsp3) is 0.867. The lowest BCUT2D eigenvalue weighted by Gasteiger charge is -2.21. The number of nitrogens with two attached hydrogens (primary N) is 1. The smallest absolute Gasteiger partial charge is 0.303 e. The molecule has 0 aliphatic heterocycles. The summed E-state index contributed by atoms with van der Waals surface area (Å²) in [6, 6.07) is 0. The predicted octanol–water partition coefficient (Wildman–Crippen LogP) is 1.61. The summed E-state index contributed by atoms with van der Waals surface area (Å²) in [5.74, 6) is -0.000974. The summed E-state index contributed by atoms with van der Waals surface area (Å²) in [7, 11) is 0. The molecule has 1 aliphatic carbocycles. The Hall–Kier alpha value is -1.10. The largest absolute Gasteiger partial charge is 0.481 e. The fourth-order valence-corrected chi connectivity index (χ4v) is 3.19. The van der Waals surface area contributed by atoms with E-state index < -0.39 is 5.97 Å². The molecule has 0 spiro atoms. The van der Waals surface area contributed by atoms with Crippen LogP contribution in [-0.2, 0) is 9.59 Å². The third-order valence-electron chi connectivity index (χ3n) is 4.13. The molecule has 0 aromatic carbocycles. The van der Waals surface area contributed by atoms with Gasteiger partial charge in [0.1, 0.15) is 0 Å². The first-order chi connectivity index (χ1) is 9.43. The van der Waals surface area contributed by atoms with E-state index >= 15 is 0 Å². The summed E-state index contributed by atoms with van der Waals surface area (Å²) >= 11 is 0. The van der Waals surface area contributed by atoms with Crippen molar-refractivity contribution in [1.82, 2.24) is 5.32 Å². The van der Waals surface area contributed by atoms with Crippen molar-refractivity contribution in [3.63, 3.8) is 0 Å². The molecule has 1 aliphatic rings. The van der Waals surface area contributed by atoms with Crippen LogP contribution in [0.1, 0.15) is 46.0 Å². The van der Waals surface area contributed by atoms with Crippen LogP contribution in [0.4, 0.5) is 0 Å². The Bertz CT molecular complexity index is 331. The van der Waals surface area contributed by atoms with Crippen molar-refractivity contribution in [3.05, 3.63) is 0 Å². The van der Waals surface area contributed by atoms with Crippen LogP contribution < -0.4 is 11.1 Å². The van der Waals surface area contributed by atoms with E-state index in [1.807, 2.05) is 0 Å². The number of nitrogens with one attached hydrogen (secondary N) is 1. The van der Waals surface area contributed by atoms with Crippen molar-refractivity contribution < 1.29 is 14.7 Å². The molecular weight excluding hydrogens is 256 g/mol. The minimum absolute atomic E-state index is 0.00850. The first-order valence-electron chi connectivity index (χ1n) is 7.63. The van der Waals surface area contributed by atoms with Crippen molar-refractivity contribution in [2.24, 2.45) is 29.4 Å². The highest BCUT2D eigenvalue weighted by Gasteiger charge is 2.32. The summed E-state index contributed by atoms with van der Waals surface area (Å²) in [5.41, 5.74) is 5.69. The van der Waals surface area contributed by atoms with Crippen LogP contribution in [-0.4, -0.2) is 30.1 Å². The van der Waals surface area contributed by atoms with Crippen LogP contribution in [0, 0.1) is 23.7 Å². The van der Waals surface area contributed by atoms with Crippen molar-refractivity contribution in [2.45, 2.75) is 46.0 Å². The molecule has 1 fully saturated rings. The lowest BCUT2D eigenvalue weighted by Crippen LogP contribution is -2.38. The molecular formula is C15H28N2O3. The van der Waals surface area contributed by atoms with Gasteiger partial charge in [0, 0.05) is 18.9 Å². The Balaban J connectivity index is 2.45. The highest BCUT2D eigenvalue weighted by molar-refractivity contribution is 5.79. The standard InChI is InChI=1S/C15H28N2O3/c1-10(2)6-11(7-14(18)19)9-17-15(20)13-5-3-4-12(13)8-16/h10-13H,3-9,16H2,1-2H3,(H,17,20)(H,18,19). The zero-order chi connectivity index (χ0) is 15.1. The molecule has 0 radical (unpaired) electrons. The van der Waals surface area contributed by atoms with Crippen LogP contribution in [0.15, 0.2) is 0 Å². The molecule has 0 aromatic rings. The molecule has 3 unspecified atom stereocenters. The molecule has 1 saturated carbocycles. The summed E-state index contributed by atoms with van der Waals surface area (Å²) < 4.78 is 0. The number of carbonyl (C=O) groups excluding carboxylic acids is 1. The van der Waals surface area contributed by atoms with Crippen LogP contribution >= 0.6 is 0 Å². The molecule has 4 N–H and O–H groups in total. The van der Waals surface area contributed by atoms with Gasteiger partial charge in [-0.05, 0) is 43.6 Å². The third-order valence-corrected chi connectivity index (χ3v) is 4.13. The maximum absolute atomic E-state index is 12.2. The van der Waals surface area contributed by atoms with Crippen molar-refractivity contribution in [1.29, 1.82) is 0 Å². The van der Waals surface area contributed by atoms with Gasteiger partial charge in [0.15, 0.2) is 0 Å². The average molecular weight is 284 g/mol. The van der Waals surface area contributed by atoms with E-state index in [1.165, 1.54) is 0 Å². The Morgan fingerprint density at radius 2 is 2.05 bits per heavy atom. The topological polar surface area (TPSA) is 92.4 Å². The lowest BCUT2D eigenvalue weighted by atomic mass is 9.92. The molecule has 116 valence electrons. The van der Waals surface area contributed by atoms with E-state index in [9.17, 15) is 9.59 Å². The number of hydrogen-bond donors (Lipinski definition) is 3. The predicted molar refractivity (Wildman–Crippen MR) is 78.1 cm³/mol. The molecule has 0 bridgehead atoms.